The molecule has 136 valence electrons. The Morgan fingerprint density at radius 3 is 1.24 bits per heavy atom. The first-order valence-electron chi connectivity index (χ1n) is 9.43. The Morgan fingerprint density at radius 2 is 1.00 bits per heavy atom. The summed E-state index contributed by atoms with van der Waals surface area (Å²) in [5, 5.41) is 0. The highest BCUT2D eigenvalue weighted by molar-refractivity contribution is 5.30. The molecule has 0 radical (unpaired) electrons. The minimum absolute atomic E-state index is 0.0814. The van der Waals surface area contributed by atoms with Gasteiger partial charge in [-0.25, -0.2) is 0 Å². The van der Waals surface area contributed by atoms with Crippen molar-refractivity contribution in [1.82, 2.24) is 0 Å². The monoisotopic (exact) mass is 338 g/mol. The lowest BCUT2D eigenvalue weighted by atomic mass is 9.80. The summed E-state index contributed by atoms with van der Waals surface area (Å²) in [4.78, 5) is 0. The fraction of sp³-hybridized carbons (Fsp3) is 0.478. The summed E-state index contributed by atoms with van der Waals surface area (Å²) < 4.78 is 0. The van der Waals surface area contributed by atoms with Crippen LogP contribution in [0.5, 0.6) is 0 Å². The predicted molar refractivity (Wildman–Crippen MR) is 109 cm³/mol. The van der Waals surface area contributed by atoms with Crippen molar-refractivity contribution in [2.75, 3.05) is 0 Å². The number of hydrogen-bond acceptors (Lipinski definition) is 2. The zero-order chi connectivity index (χ0) is 18.6. The van der Waals surface area contributed by atoms with Crippen molar-refractivity contribution < 1.29 is 0 Å². The van der Waals surface area contributed by atoms with Crippen LogP contribution in [0.15, 0.2) is 48.5 Å². The highest BCUT2D eigenvalue weighted by Crippen LogP contribution is 2.23. The van der Waals surface area contributed by atoms with E-state index in [1.165, 1.54) is 22.3 Å². The van der Waals surface area contributed by atoms with Gasteiger partial charge in [-0.15, -0.1) is 0 Å². The van der Waals surface area contributed by atoms with E-state index in [0.29, 0.717) is 11.8 Å². The molecule has 0 fully saturated rings. The Kier molecular flexibility index (Phi) is 6.42. The van der Waals surface area contributed by atoms with Gasteiger partial charge in [0.25, 0.3) is 0 Å². The topological polar surface area (TPSA) is 52.0 Å². The molecule has 2 heteroatoms. The normalized spacial score (nSPS) is 13.5. The van der Waals surface area contributed by atoms with Gasteiger partial charge in [-0.3, -0.25) is 0 Å². The standard InChI is InChI=1S/C23H34N2/c1-16(2)21-10-6-19(7-11-21)14-23(25,18(5)24)15-20-8-12-22(13-9-20)17(3)4/h6-13,16-18H,14-15,24-25H2,1-5H3. The predicted octanol–water partition coefficient (Wildman–Crippen LogP) is 4.76. The summed E-state index contributed by atoms with van der Waals surface area (Å²) >= 11 is 0. The third-order valence-electron chi connectivity index (χ3n) is 5.27. The van der Waals surface area contributed by atoms with Crippen molar-refractivity contribution in [3.05, 3.63) is 70.8 Å². The van der Waals surface area contributed by atoms with E-state index in [-0.39, 0.29) is 6.04 Å². The molecule has 0 saturated heterocycles. The quantitative estimate of drug-likeness (QED) is 0.764. The minimum atomic E-state index is -0.446. The Labute approximate surface area is 153 Å². The van der Waals surface area contributed by atoms with Gasteiger partial charge < -0.3 is 11.5 Å². The third-order valence-corrected chi connectivity index (χ3v) is 5.27. The van der Waals surface area contributed by atoms with E-state index in [4.69, 9.17) is 11.5 Å². The lowest BCUT2D eigenvalue weighted by molar-refractivity contribution is 0.354. The largest absolute Gasteiger partial charge is 0.326 e. The van der Waals surface area contributed by atoms with Crippen LogP contribution in [0, 0.1) is 0 Å². The van der Waals surface area contributed by atoms with Crippen LogP contribution in [0.4, 0.5) is 0 Å². The van der Waals surface area contributed by atoms with E-state index < -0.39 is 5.54 Å². The van der Waals surface area contributed by atoms with Gasteiger partial charge in [-0.1, -0.05) is 76.2 Å². The van der Waals surface area contributed by atoms with Gasteiger partial charge in [0.15, 0.2) is 0 Å². The van der Waals surface area contributed by atoms with E-state index in [2.05, 4.69) is 76.2 Å². The van der Waals surface area contributed by atoms with Crippen LogP contribution in [-0.2, 0) is 12.8 Å². The van der Waals surface area contributed by atoms with Crippen LogP contribution in [-0.4, -0.2) is 11.6 Å². The molecule has 0 amide bonds. The molecule has 0 heterocycles. The number of benzene rings is 2. The average Bonchev–Trinajstić information content (AvgIpc) is 2.55. The van der Waals surface area contributed by atoms with Crippen molar-refractivity contribution >= 4 is 0 Å². The maximum atomic E-state index is 6.78. The van der Waals surface area contributed by atoms with E-state index in [1.54, 1.807) is 0 Å². The van der Waals surface area contributed by atoms with E-state index in [0.717, 1.165) is 12.8 Å². The smallest absolute Gasteiger partial charge is 0.0386 e. The van der Waals surface area contributed by atoms with Crippen LogP contribution in [0.3, 0.4) is 0 Å². The summed E-state index contributed by atoms with van der Waals surface area (Å²) in [6.45, 7) is 10.9. The summed E-state index contributed by atoms with van der Waals surface area (Å²) in [6.07, 6.45) is 1.57. The molecule has 0 aliphatic rings. The van der Waals surface area contributed by atoms with Crippen LogP contribution >= 0.6 is 0 Å². The van der Waals surface area contributed by atoms with E-state index in [1.807, 2.05) is 6.92 Å². The molecule has 2 aromatic carbocycles. The van der Waals surface area contributed by atoms with Crippen LogP contribution in [0.25, 0.3) is 0 Å². The first-order valence-corrected chi connectivity index (χ1v) is 9.43. The molecule has 0 aliphatic heterocycles. The second kappa shape index (κ2) is 8.16. The van der Waals surface area contributed by atoms with Crippen LogP contribution in [0.1, 0.15) is 68.7 Å². The second-order valence-corrected chi connectivity index (χ2v) is 8.17. The lowest BCUT2D eigenvalue weighted by Gasteiger charge is -2.34. The summed E-state index contributed by atoms with van der Waals surface area (Å²) in [7, 11) is 0. The summed E-state index contributed by atoms with van der Waals surface area (Å²) in [5.74, 6) is 1.09. The molecule has 2 aromatic rings. The lowest BCUT2D eigenvalue weighted by Crippen LogP contribution is -2.57. The van der Waals surface area contributed by atoms with Crippen molar-refractivity contribution in [3.8, 4) is 0 Å². The fourth-order valence-electron chi connectivity index (χ4n) is 3.19. The van der Waals surface area contributed by atoms with Gasteiger partial charge in [0, 0.05) is 11.6 Å². The van der Waals surface area contributed by atoms with Gasteiger partial charge in [0.2, 0.25) is 0 Å². The molecule has 2 nitrogen and oxygen atoms in total. The molecule has 0 saturated carbocycles. The van der Waals surface area contributed by atoms with Crippen LogP contribution in [0.2, 0.25) is 0 Å². The molecule has 0 aromatic heterocycles. The minimum Gasteiger partial charge on any atom is -0.326 e. The second-order valence-electron chi connectivity index (χ2n) is 8.17. The van der Waals surface area contributed by atoms with E-state index in [9.17, 15) is 0 Å². The number of nitrogens with two attached hydrogens (primary N) is 2. The van der Waals surface area contributed by atoms with Gasteiger partial charge >= 0.3 is 0 Å². The molecule has 0 spiro atoms. The van der Waals surface area contributed by atoms with Gasteiger partial charge in [-0.2, -0.15) is 0 Å². The Balaban J connectivity index is 2.17. The van der Waals surface area contributed by atoms with Crippen molar-refractivity contribution in [3.63, 3.8) is 0 Å². The number of hydrogen-bond donors (Lipinski definition) is 2. The van der Waals surface area contributed by atoms with Gasteiger partial charge in [0.1, 0.15) is 0 Å². The Morgan fingerprint density at radius 1 is 0.680 bits per heavy atom. The number of rotatable bonds is 7. The average molecular weight is 339 g/mol. The van der Waals surface area contributed by atoms with Crippen LogP contribution < -0.4 is 11.5 Å². The molecule has 0 bridgehead atoms. The molecular formula is C23H34N2. The molecule has 4 N–H and O–H groups in total. The molecular weight excluding hydrogens is 304 g/mol. The first-order chi connectivity index (χ1) is 11.7. The third kappa shape index (κ3) is 5.17. The van der Waals surface area contributed by atoms with Gasteiger partial charge in [-0.05, 0) is 53.9 Å². The van der Waals surface area contributed by atoms with Crippen molar-refractivity contribution in [2.45, 2.75) is 70.9 Å². The fourth-order valence-corrected chi connectivity index (χ4v) is 3.19. The SMILES string of the molecule is CC(C)c1ccc(CC(N)(Cc2ccc(C(C)C)cc2)C(C)N)cc1. The highest BCUT2D eigenvalue weighted by atomic mass is 14.8. The first kappa shape index (κ1) is 19.7. The Bertz CT molecular complexity index is 598. The summed E-state index contributed by atoms with van der Waals surface area (Å²) in [5.41, 5.74) is 17.8. The molecule has 1 unspecified atom stereocenters. The highest BCUT2D eigenvalue weighted by Gasteiger charge is 2.30. The molecule has 1 atom stereocenters. The molecule has 0 aliphatic carbocycles. The molecule has 2 rings (SSSR count). The van der Waals surface area contributed by atoms with Crippen molar-refractivity contribution in [1.29, 1.82) is 0 Å². The van der Waals surface area contributed by atoms with Crippen molar-refractivity contribution in [2.24, 2.45) is 11.5 Å². The van der Waals surface area contributed by atoms with E-state index >= 15 is 0 Å². The Hall–Kier alpha value is -1.64. The maximum Gasteiger partial charge on any atom is 0.0386 e. The van der Waals surface area contributed by atoms with Gasteiger partial charge in [0.05, 0.1) is 0 Å². The summed E-state index contributed by atoms with van der Waals surface area (Å²) in [6, 6.07) is 17.5. The zero-order valence-electron chi connectivity index (χ0n) is 16.4. The zero-order valence-corrected chi connectivity index (χ0v) is 16.4. The maximum absolute atomic E-state index is 6.78. The molecule has 25 heavy (non-hydrogen) atoms.